The Kier molecular flexibility index (Phi) is 2.83. The van der Waals surface area contributed by atoms with Gasteiger partial charge in [0.25, 0.3) is 0 Å². The van der Waals surface area contributed by atoms with E-state index in [-0.39, 0.29) is 5.75 Å². The summed E-state index contributed by atoms with van der Waals surface area (Å²) in [5.41, 5.74) is 0. The van der Waals surface area contributed by atoms with E-state index in [2.05, 4.69) is 4.98 Å². The van der Waals surface area contributed by atoms with Gasteiger partial charge in [-0.1, -0.05) is 0 Å². The van der Waals surface area contributed by atoms with E-state index in [4.69, 9.17) is 0 Å². The van der Waals surface area contributed by atoms with Crippen LogP contribution in [0.5, 0.6) is 0 Å². The fourth-order valence-corrected chi connectivity index (χ4v) is 1.37. The van der Waals surface area contributed by atoms with E-state index in [1.165, 1.54) is 0 Å². The first-order valence-corrected chi connectivity index (χ1v) is 5.11. The molecule has 0 saturated heterocycles. The minimum Gasteiger partial charge on any atom is -0.748 e. The molecule has 1 aromatic rings. The van der Waals surface area contributed by atoms with Gasteiger partial charge in [0.2, 0.25) is 6.33 Å². The van der Waals surface area contributed by atoms with Crippen LogP contribution in [0.2, 0.25) is 0 Å². The zero-order valence-corrected chi connectivity index (χ0v) is 7.25. The molecule has 0 aliphatic carbocycles. The summed E-state index contributed by atoms with van der Waals surface area (Å²) < 4.78 is 32.3. The van der Waals surface area contributed by atoms with E-state index in [0.29, 0.717) is 13.0 Å². The molecule has 0 radical (unpaired) electrons. The topological polar surface area (TPSA) is 76.9 Å². The normalized spacial score (nSPS) is 11.8. The lowest BCUT2D eigenvalue weighted by atomic mass is 10.5. The number of H-pyrrole nitrogens is 1. The van der Waals surface area contributed by atoms with Crippen molar-refractivity contribution in [1.82, 2.24) is 4.98 Å². The van der Waals surface area contributed by atoms with Gasteiger partial charge >= 0.3 is 0 Å². The highest BCUT2D eigenvalue weighted by molar-refractivity contribution is 7.85. The fourth-order valence-electron chi connectivity index (χ4n) is 0.884. The second kappa shape index (κ2) is 3.68. The summed E-state index contributed by atoms with van der Waals surface area (Å²) in [6.45, 7) is 0.547. The lowest BCUT2D eigenvalue weighted by Crippen LogP contribution is -2.31. The summed E-state index contributed by atoms with van der Waals surface area (Å²) in [6.07, 6.45) is 5.56. The van der Waals surface area contributed by atoms with E-state index in [0.717, 1.165) is 0 Å². The summed E-state index contributed by atoms with van der Waals surface area (Å²) in [7, 11) is -4.05. The molecule has 1 rings (SSSR count). The predicted octanol–water partition coefficient (Wildman–Crippen LogP) is -0.762. The van der Waals surface area contributed by atoms with Gasteiger partial charge in [-0.3, -0.25) is 4.98 Å². The van der Waals surface area contributed by atoms with E-state index < -0.39 is 10.1 Å². The summed E-state index contributed by atoms with van der Waals surface area (Å²) in [4.78, 5) is 2.81. The van der Waals surface area contributed by atoms with Gasteiger partial charge in [-0.05, 0) is 6.42 Å². The number of nitrogens with one attached hydrogen (secondary N) is 1. The molecule has 5 nitrogen and oxygen atoms in total. The molecule has 0 atom stereocenters. The second-order valence-electron chi connectivity index (χ2n) is 2.46. The van der Waals surface area contributed by atoms with E-state index in [9.17, 15) is 13.0 Å². The van der Waals surface area contributed by atoms with Crippen molar-refractivity contribution in [2.45, 2.75) is 13.0 Å². The Bertz CT molecular complexity index is 317. The lowest BCUT2D eigenvalue weighted by Gasteiger charge is -2.03. The van der Waals surface area contributed by atoms with Crippen LogP contribution in [0.3, 0.4) is 0 Å². The molecule has 0 amide bonds. The molecule has 6 heteroatoms. The first kappa shape index (κ1) is 9.21. The van der Waals surface area contributed by atoms with Crippen molar-refractivity contribution in [3.05, 3.63) is 18.7 Å². The molecule has 12 heavy (non-hydrogen) atoms. The Labute approximate surface area is 70.8 Å². The molecule has 0 aliphatic rings. The van der Waals surface area contributed by atoms with E-state index in [1.54, 1.807) is 23.3 Å². The maximum atomic E-state index is 10.2. The summed E-state index contributed by atoms with van der Waals surface area (Å²) in [5, 5.41) is 0. The van der Waals surface area contributed by atoms with Crippen molar-refractivity contribution in [2.75, 3.05) is 5.75 Å². The van der Waals surface area contributed by atoms with Crippen molar-refractivity contribution in [2.24, 2.45) is 0 Å². The Morgan fingerprint density at radius 3 is 2.75 bits per heavy atom. The lowest BCUT2D eigenvalue weighted by molar-refractivity contribution is -0.695. The van der Waals surface area contributed by atoms with Gasteiger partial charge in [-0.25, -0.2) is 13.0 Å². The Morgan fingerprint density at radius 2 is 2.25 bits per heavy atom. The van der Waals surface area contributed by atoms with Gasteiger partial charge in [-0.15, -0.1) is 0 Å². The summed E-state index contributed by atoms with van der Waals surface area (Å²) in [5.74, 6) is -0.300. The van der Waals surface area contributed by atoms with Crippen LogP contribution in [0.1, 0.15) is 6.42 Å². The largest absolute Gasteiger partial charge is 0.748 e. The van der Waals surface area contributed by atoms with Crippen molar-refractivity contribution in [3.8, 4) is 0 Å². The zero-order valence-electron chi connectivity index (χ0n) is 6.43. The number of nitrogens with zero attached hydrogens (tertiary/aromatic N) is 1. The van der Waals surface area contributed by atoms with Crippen LogP contribution >= 0.6 is 0 Å². The Morgan fingerprint density at radius 1 is 1.50 bits per heavy atom. The fraction of sp³-hybridized carbons (Fsp3) is 0.500. The molecule has 0 fully saturated rings. The smallest absolute Gasteiger partial charge is 0.241 e. The minimum atomic E-state index is -4.05. The number of imidazole rings is 1. The van der Waals surface area contributed by atoms with Crippen molar-refractivity contribution >= 4 is 10.1 Å². The van der Waals surface area contributed by atoms with Gasteiger partial charge in [0.1, 0.15) is 12.4 Å². The first-order chi connectivity index (χ1) is 5.58. The maximum absolute atomic E-state index is 10.2. The second-order valence-corrected chi connectivity index (χ2v) is 3.99. The van der Waals surface area contributed by atoms with Gasteiger partial charge in [0, 0.05) is 5.75 Å². The third-order valence-corrected chi connectivity index (χ3v) is 2.20. The van der Waals surface area contributed by atoms with E-state index >= 15 is 0 Å². The van der Waals surface area contributed by atoms with Gasteiger partial charge in [0.15, 0.2) is 0 Å². The van der Waals surface area contributed by atoms with Crippen molar-refractivity contribution in [3.63, 3.8) is 0 Å². The van der Waals surface area contributed by atoms with Crippen LogP contribution in [0.25, 0.3) is 0 Å². The quantitative estimate of drug-likeness (QED) is 0.500. The molecule has 1 heterocycles. The molecule has 68 valence electrons. The molecule has 0 aromatic carbocycles. The van der Waals surface area contributed by atoms with Crippen LogP contribution in [-0.4, -0.2) is 23.7 Å². The molecule has 1 aromatic heterocycles. The highest BCUT2D eigenvalue weighted by Crippen LogP contribution is 1.87. The molecule has 0 unspecified atom stereocenters. The molecule has 0 spiro atoms. The third kappa shape index (κ3) is 3.49. The average Bonchev–Trinajstić information content (AvgIpc) is 2.36. The molecule has 0 aliphatic heterocycles. The van der Waals surface area contributed by atoms with Crippen LogP contribution in [-0.2, 0) is 16.7 Å². The highest BCUT2D eigenvalue weighted by Gasteiger charge is 1.99. The number of aryl methyl sites for hydroxylation is 1. The average molecular weight is 190 g/mol. The predicted molar refractivity (Wildman–Crippen MR) is 40.2 cm³/mol. The number of aromatic amines is 1. The van der Waals surface area contributed by atoms with Gasteiger partial charge in [-0.2, -0.15) is 0 Å². The number of aromatic nitrogens is 2. The highest BCUT2D eigenvalue weighted by atomic mass is 32.2. The zero-order chi connectivity index (χ0) is 9.03. The maximum Gasteiger partial charge on any atom is 0.241 e. The number of hydrogen-bond acceptors (Lipinski definition) is 3. The first-order valence-electron chi connectivity index (χ1n) is 3.53. The minimum absolute atomic E-state index is 0.300. The van der Waals surface area contributed by atoms with Gasteiger partial charge < -0.3 is 4.55 Å². The van der Waals surface area contributed by atoms with Crippen LogP contribution < -0.4 is 4.57 Å². The number of rotatable bonds is 4. The van der Waals surface area contributed by atoms with Crippen LogP contribution in [0.4, 0.5) is 0 Å². The molecular formula is C6H10N2O3S. The summed E-state index contributed by atoms with van der Waals surface area (Å²) >= 11 is 0. The standard InChI is InChI=1S/C6H10N2O3S/c9-12(10,11)5-1-3-8-4-2-7-6-8/h2,4,6H,1,3,5H2,(H,9,10,11). The molecular weight excluding hydrogens is 180 g/mol. The van der Waals surface area contributed by atoms with E-state index in [1.807, 2.05) is 0 Å². The van der Waals surface area contributed by atoms with Crippen molar-refractivity contribution in [1.29, 1.82) is 0 Å². The Hall–Kier alpha value is -0.880. The molecule has 0 saturated carbocycles. The van der Waals surface area contributed by atoms with Gasteiger partial charge in [0.05, 0.1) is 16.7 Å². The SMILES string of the molecule is O=S(=O)([O-])CCC[n+]1cc[nH]c1. The van der Waals surface area contributed by atoms with Crippen LogP contribution in [0, 0.1) is 0 Å². The monoisotopic (exact) mass is 190 g/mol. The number of hydrogen-bond donors (Lipinski definition) is 1. The molecule has 0 bridgehead atoms. The summed E-state index contributed by atoms with van der Waals surface area (Å²) in [6, 6.07) is 0. The molecule has 1 N–H and O–H groups in total. The third-order valence-electron chi connectivity index (χ3n) is 1.41. The Balaban J connectivity index is 2.29. The van der Waals surface area contributed by atoms with Crippen molar-refractivity contribution < 1.29 is 17.5 Å². The van der Waals surface area contributed by atoms with Crippen LogP contribution in [0.15, 0.2) is 18.7 Å².